The molecule has 9 aromatic carbocycles. The van der Waals surface area contributed by atoms with Crippen LogP contribution in [-0.4, -0.2) is 8.07 Å². The first-order valence-corrected chi connectivity index (χ1v) is 25.5. The fraction of sp³-hybridized carbons (Fsp3) is 0.0794. The molecule has 0 nitrogen and oxygen atoms in total. The number of halogens is 3. The van der Waals surface area contributed by atoms with Gasteiger partial charge in [-0.05, 0) is 0 Å². The van der Waals surface area contributed by atoms with E-state index in [2.05, 4.69) is 284 Å². The molecule has 0 atom stereocenters. The van der Waals surface area contributed by atoms with Crippen molar-refractivity contribution in [1.82, 2.24) is 0 Å². The smallest absolute Gasteiger partial charge is 0.147 e. The van der Waals surface area contributed by atoms with Gasteiger partial charge in [-0.25, -0.2) is 0 Å². The minimum atomic E-state index is -3.39. The van der Waals surface area contributed by atoms with Crippen molar-refractivity contribution in [3.8, 4) is 66.8 Å². The minimum Gasteiger partial charge on any atom is -0.147 e. The second-order valence-electron chi connectivity index (χ2n) is 18.3. The number of hydrogen-bond donors (Lipinski definition) is 0. The molecule has 0 aliphatic heterocycles. The Morgan fingerprint density at radius 3 is 0.750 bits per heavy atom. The molecule has 9 aromatic rings. The van der Waals surface area contributed by atoms with Gasteiger partial charge in [-0.1, -0.05) is 0 Å². The maximum atomic E-state index is 2.63. The third kappa shape index (κ3) is 10.0. The number of hydrogen-bond acceptors (Lipinski definition) is 0. The van der Waals surface area contributed by atoms with Crippen LogP contribution in [0.5, 0.6) is 0 Å². The molecule has 0 bridgehead atoms. The maximum absolute atomic E-state index is 3.39. The molecule has 0 saturated carbocycles. The van der Waals surface area contributed by atoms with Crippen LogP contribution in [-0.2, 0) is 20.4 Å². The molecule has 1 aliphatic carbocycles. The van der Waals surface area contributed by atoms with Gasteiger partial charge in [0.15, 0.2) is 0 Å². The summed E-state index contributed by atoms with van der Waals surface area (Å²) in [7, 11) is -3.39. The Morgan fingerprint density at radius 1 is 0.324 bits per heavy atom. The van der Waals surface area contributed by atoms with Crippen molar-refractivity contribution in [3.05, 3.63) is 257 Å². The Balaban J connectivity index is 0.00000228. The molecule has 0 aromatic heterocycles. The van der Waals surface area contributed by atoms with Gasteiger partial charge in [0.05, 0.1) is 0 Å². The SMILES string of the molecule is CC(C)(C)C1=[C]([Ti])CC=C1[Si](c1cc(-c2ccccc2)cc(-c2ccccc2)c1)(c1cc(-c2ccccc2)cc(-c2ccccc2)c1)c1cc(-c2ccccc2)cc(-c2ccccc2)c1.Cl.Cl.Cl. The first-order chi connectivity index (χ1) is 31.8. The third-order valence-electron chi connectivity index (χ3n) is 13.0. The van der Waals surface area contributed by atoms with Gasteiger partial charge < -0.3 is 0 Å². The van der Waals surface area contributed by atoms with Crippen LogP contribution in [0, 0.1) is 5.41 Å². The standard InChI is InChI=1S/C63H51Si.3ClH.Ti/c1-63(2,3)61-35-22-36-62(61)64(58-40-52(46-23-10-4-11-24-46)37-53(41-58)47-25-12-5-13-26-47,59-42-54(48-27-14-6-15-28-48)38-55(43-59)49-29-16-7-17-30-49)60-44-56(50-31-18-8-19-32-50)39-57(45-60)51-33-20-9-21-34-51;;;;/h4-21,23-34,36-45H,22H2,1-3H3;3*1H;. The topological polar surface area (TPSA) is 0 Å². The summed E-state index contributed by atoms with van der Waals surface area (Å²) in [5.74, 6) is 0. The summed E-state index contributed by atoms with van der Waals surface area (Å²) in [6.07, 6.45) is 3.56. The van der Waals surface area contributed by atoms with Gasteiger partial charge in [0.1, 0.15) is 0 Å². The first kappa shape index (κ1) is 50.1. The molecule has 0 fully saturated rings. The van der Waals surface area contributed by atoms with Crippen LogP contribution in [0.2, 0.25) is 0 Å². The molecule has 1 aliphatic rings. The van der Waals surface area contributed by atoms with E-state index >= 15 is 0 Å². The average Bonchev–Trinajstić information content (AvgIpc) is 3.77. The fourth-order valence-corrected chi connectivity index (χ4v) is 16.7. The van der Waals surface area contributed by atoms with Gasteiger partial charge in [0.25, 0.3) is 0 Å². The molecular weight excluding hydrogens is 939 g/mol. The van der Waals surface area contributed by atoms with Crippen LogP contribution in [0.15, 0.2) is 257 Å². The van der Waals surface area contributed by atoms with Gasteiger partial charge >= 0.3 is 401 Å². The van der Waals surface area contributed by atoms with Crippen molar-refractivity contribution >= 4 is 60.9 Å². The van der Waals surface area contributed by atoms with Crippen molar-refractivity contribution in [2.24, 2.45) is 5.41 Å². The van der Waals surface area contributed by atoms with Gasteiger partial charge in [0, 0.05) is 0 Å². The summed E-state index contributed by atoms with van der Waals surface area (Å²) in [6.45, 7) is 7.27. The molecule has 0 heterocycles. The summed E-state index contributed by atoms with van der Waals surface area (Å²) >= 11 is 2.38. The van der Waals surface area contributed by atoms with E-state index < -0.39 is 8.07 Å². The van der Waals surface area contributed by atoms with E-state index in [1.165, 1.54) is 97.0 Å². The molecule has 10 rings (SSSR count). The van der Waals surface area contributed by atoms with Crippen molar-refractivity contribution in [2.75, 3.05) is 0 Å². The molecule has 0 spiro atoms. The van der Waals surface area contributed by atoms with E-state index in [9.17, 15) is 0 Å². The summed E-state index contributed by atoms with van der Waals surface area (Å²) < 4.78 is 1.46. The van der Waals surface area contributed by atoms with Crippen molar-refractivity contribution in [1.29, 1.82) is 0 Å². The van der Waals surface area contributed by atoms with E-state index in [1.54, 1.807) is 0 Å². The normalized spacial score (nSPS) is 12.3. The quantitative estimate of drug-likeness (QED) is 0.0946. The summed E-state index contributed by atoms with van der Waals surface area (Å²) in [5, 5.41) is 5.59. The molecule has 5 heteroatoms. The van der Waals surface area contributed by atoms with Crippen LogP contribution >= 0.6 is 37.2 Å². The van der Waals surface area contributed by atoms with Crippen molar-refractivity contribution in [3.63, 3.8) is 0 Å². The van der Waals surface area contributed by atoms with Gasteiger partial charge in [-0.15, -0.1) is 37.2 Å². The summed E-state index contributed by atoms with van der Waals surface area (Å²) in [6, 6.07) is 88.6. The predicted molar refractivity (Wildman–Crippen MR) is 298 cm³/mol. The van der Waals surface area contributed by atoms with Crippen LogP contribution in [0.1, 0.15) is 27.2 Å². The Hall–Kier alpha value is -5.74. The third-order valence-corrected chi connectivity index (χ3v) is 18.4. The predicted octanol–water partition coefficient (Wildman–Crippen LogP) is 16.1. The molecule has 0 radical (unpaired) electrons. The summed E-state index contributed by atoms with van der Waals surface area (Å²) in [5.41, 5.74) is 16.0. The second kappa shape index (κ2) is 21.7. The molecule has 0 amide bonds. The minimum absolute atomic E-state index is 0. The maximum Gasteiger partial charge on any atom is -0.147 e. The molecule has 68 heavy (non-hydrogen) atoms. The van der Waals surface area contributed by atoms with Crippen molar-refractivity contribution in [2.45, 2.75) is 27.2 Å². The number of benzene rings is 9. The molecule has 0 N–H and O–H groups in total. The monoisotopic (exact) mass is 991 g/mol. The van der Waals surface area contributed by atoms with Gasteiger partial charge in [-0.3, -0.25) is 0 Å². The van der Waals surface area contributed by atoms with Crippen LogP contribution < -0.4 is 15.6 Å². The van der Waals surface area contributed by atoms with Gasteiger partial charge in [0.2, 0.25) is 0 Å². The average molecular weight is 993 g/mol. The Labute approximate surface area is 434 Å². The van der Waals surface area contributed by atoms with Crippen LogP contribution in [0.3, 0.4) is 0 Å². The van der Waals surface area contributed by atoms with E-state index in [1.807, 2.05) is 0 Å². The molecule has 0 saturated heterocycles. The van der Waals surface area contributed by atoms with E-state index in [-0.39, 0.29) is 42.6 Å². The number of allylic oxidation sites excluding steroid dienone is 4. The Bertz CT molecular complexity index is 2710. The zero-order chi connectivity index (χ0) is 44.4. The van der Waals surface area contributed by atoms with E-state index in [0.717, 1.165) is 6.42 Å². The molecular formula is C63H54Cl3SiTi. The second-order valence-corrected chi connectivity index (χ2v) is 23.0. The Kier molecular flexibility index (Phi) is 16.0. The summed E-state index contributed by atoms with van der Waals surface area (Å²) in [4.78, 5) is 0. The van der Waals surface area contributed by atoms with Crippen molar-refractivity contribution < 1.29 is 20.4 Å². The largest absolute Gasteiger partial charge is 0.147 e. The van der Waals surface area contributed by atoms with Gasteiger partial charge in [-0.2, -0.15) is 0 Å². The molecule has 0 unspecified atom stereocenters. The molecule has 335 valence electrons. The first-order valence-electron chi connectivity index (χ1n) is 22.7. The van der Waals surface area contributed by atoms with Crippen LogP contribution in [0.4, 0.5) is 0 Å². The van der Waals surface area contributed by atoms with E-state index in [0.29, 0.717) is 0 Å². The van der Waals surface area contributed by atoms with E-state index in [4.69, 9.17) is 0 Å². The Morgan fingerprint density at radius 2 is 0.544 bits per heavy atom. The zero-order valence-electron chi connectivity index (χ0n) is 38.5. The fourth-order valence-electron chi connectivity index (χ4n) is 10.1. The number of rotatable bonds is 10. The van der Waals surface area contributed by atoms with Crippen LogP contribution in [0.25, 0.3) is 66.8 Å². The zero-order valence-corrected chi connectivity index (χ0v) is 43.5.